The Morgan fingerprint density at radius 3 is 3.06 bits per heavy atom. The van der Waals surface area contributed by atoms with Crippen LogP contribution in [-0.2, 0) is 4.79 Å². The van der Waals surface area contributed by atoms with E-state index in [2.05, 4.69) is 15.3 Å². The molecule has 3 rings (SSSR count). The van der Waals surface area contributed by atoms with Gasteiger partial charge in [0, 0.05) is 11.6 Å². The molecule has 0 spiro atoms. The van der Waals surface area contributed by atoms with Crippen molar-refractivity contribution >= 4 is 39.8 Å². The molecule has 1 fully saturated rings. The molecule has 1 aliphatic heterocycles. The average molecular weight is 256 g/mol. The van der Waals surface area contributed by atoms with E-state index in [9.17, 15) is 4.79 Å². The summed E-state index contributed by atoms with van der Waals surface area (Å²) in [5.74, 6) is -0.227. The van der Waals surface area contributed by atoms with Crippen molar-refractivity contribution in [3.63, 3.8) is 0 Å². The fourth-order valence-electron chi connectivity index (χ4n) is 1.69. The number of amides is 1. The van der Waals surface area contributed by atoms with Crippen molar-refractivity contribution in [3.05, 3.63) is 41.2 Å². The van der Waals surface area contributed by atoms with E-state index in [0.717, 1.165) is 28.2 Å². The number of nitrogens with one attached hydrogen (secondary N) is 2. The minimum atomic E-state index is -0.227. The molecule has 1 amide bonds. The van der Waals surface area contributed by atoms with Crippen molar-refractivity contribution in [1.29, 1.82) is 5.41 Å². The van der Waals surface area contributed by atoms with Gasteiger partial charge in [-0.1, -0.05) is 6.07 Å². The highest BCUT2D eigenvalue weighted by Crippen LogP contribution is 2.25. The highest BCUT2D eigenvalue weighted by atomic mass is 32.2. The van der Waals surface area contributed by atoms with Gasteiger partial charge in [-0.2, -0.15) is 0 Å². The minimum absolute atomic E-state index is 0.162. The lowest BCUT2D eigenvalue weighted by Gasteiger charge is -1.98. The number of carbonyl (C=O) groups excluding carboxylic acids is 1. The molecule has 0 aliphatic carbocycles. The van der Waals surface area contributed by atoms with E-state index < -0.39 is 0 Å². The third-order valence-electron chi connectivity index (χ3n) is 2.49. The van der Waals surface area contributed by atoms with Gasteiger partial charge in [0.2, 0.25) is 0 Å². The number of hydrogen-bond donors (Lipinski definition) is 2. The van der Waals surface area contributed by atoms with Gasteiger partial charge in [0.05, 0.1) is 10.4 Å². The molecule has 6 heteroatoms. The van der Waals surface area contributed by atoms with Gasteiger partial charge in [-0.25, -0.2) is 9.97 Å². The molecule has 0 radical (unpaired) electrons. The van der Waals surface area contributed by atoms with E-state index in [1.165, 1.54) is 6.33 Å². The van der Waals surface area contributed by atoms with E-state index in [4.69, 9.17) is 5.41 Å². The summed E-state index contributed by atoms with van der Waals surface area (Å²) >= 11 is 1.13. The van der Waals surface area contributed by atoms with E-state index in [1.54, 1.807) is 12.3 Å². The largest absolute Gasteiger partial charge is 0.301 e. The summed E-state index contributed by atoms with van der Waals surface area (Å²) in [4.78, 5) is 20.1. The Morgan fingerprint density at radius 1 is 1.39 bits per heavy atom. The van der Waals surface area contributed by atoms with Gasteiger partial charge in [-0.3, -0.25) is 10.2 Å². The number of carbonyl (C=O) groups is 1. The van der Waals surface area contributed by atoms with Crippen molar-refractivity contribution in [3.8, 4) is 0 Å². The van der Waals surface area contributed by atoms with E-state index in [0.29, 0.717) is 4.91 Å². The number of amidine groups is 1. The Labute approximate surface area is 107 Å². The Kier molecular flexibility index (Phi) is 2.56. The lowest BCUT2D eigenvalue weighted by Crippen LogP contribution is -2.18. The van der Waals surface area contributed by atoms with Crippen LogP contribution in [0.15, 0.2) is 35.6 Å². The topological polar surface area (TPSA) is 78.7 Å². The van der Waals surface area contributed by atoms with Gasteiger partial charge in [-0.05, 0) is 35.5 Å². The first-order valence-electron chi connectivity index (χ1n) is 5.21. The maximum absolute atomic E-state index is 11.5. The molecular formula is C12H8N4OS. The van der Waals surface area contributed by atoms with Crippen molar-refractivity contribution in [2.75, 3.05) is 0 Å². The fraction of sp³-hybridized carbons (Fsp3) is 0. The predicted molar refractivity (Wildman–Crippen MR) is 71.0 cm³/mol. The lowest BCUT2D eigenvalue weighted by molar-refractivity contribution is -0.115. The first-order valence-corrected chi connectivity index (χ1v) is 6.03. The molecule has 0 saturated carbocycles. The summed E-state index contributed by atoms with van der Waals surface area (Å²) in [5, 5.41) is 10.9. The molecule has 1 aromatic heterocycles. The van der Waals surface area contributed by atoms with Crippen LogP contribution in [0.5, 0.6) is 0 Å². The number of thioether (sulfide) groups is 1. The Hall–Kier alpha value is -2.21. The minimum Gasteiger partial charge on any atom is -0.301 e. The normalized spacial score (nSPS) is 17.4. The third kappa shape index (κ3) is 1.98. The van der Waals surface area contributed by atoms with Crippen LogP contribution in [0.25, 0.3) is 17.0 Å². The van der Waals surface area contributed by atoms with Gasteiger partial charge in [0.25, 0.3) is 5.91 Å². The maximum Gasteiger partial charge on any atom is 0.264 e. The van der Waals surface area contributed by atoms with Crippen LogP contribution >= 0.6 is 11.8 Å². The number of fused-ring (bicyclic) bond motifs is 1. The summed E-state index contributed by atoms with van der Waals surface area (Å²) in [6.07, 6.45) is 4.99. The molecule has 2 N–H and O–H groups in total. The zero-order chi connectivity index (χ0) is 12.5. The zero-order valence-corrected chi connectivity index (χ0v) is 9.99. The van der Waals surface area contributed by atoms with Gasteiger partial charge in [0.1, 0.15) is 6.33 Å². The van der Waals surface area contributed by atoms with Crippen LogP contribution < -0.4 is 5.32 Å². The van der Waals surface area contributed by atoms with Crippen LogP contribution in [-0.4, -0.2) is 21.0 Å². The van der Waals surface area contributed by atoms with Crippen molar-refractivity contribution < 1.29 is 4.79 Å². The summed E-state index contributed by atoms with van der Waals surface area (Å²) in [7, 11) is 0. The van der Waals surface area contributed by atoms with Crippen LogP contribution in [0.2, 0.25) is 0 Å². The number of hydrogen-bond acceptors (Lipinski definition) is 5. The van der Waals surface area contributed by atoms with E-state index in [-0.39, 0.29) is 11.1 Å². The van der Waals surface area contributed by atoms with Gasteiger partial charge in [-0.15, -0.1) is 0 Å². The molecule has 1 saturated heterocycles. The summed E-state index contributed by atoms with van der Waals surface area (Å²) < 4.78 is 0. The molecule has 2 heterocycles. The summed E-state index contributed by atoms with van der Waals surface area (Å²) in [6, 6.07) is 5.68. The highest BCUT2D eigenvalue weighted by Gasteiger charge is 2.21. The summed E-state index contributed by atoms with van der Waals surface area (Å²) in [6.45, 7) is 0. The molecule has 1 aliphatic rings. The molecule has 5 nitrogen and oxygen atoms in total. The number of nitrogens with zero attached hydrogens (tertiary/aromatic N) is 2. The van der Waals surface area contributed by atoms with Crippen molar-refractivity contribution in [1.82, 2.24) is 15.3 Å². The Bertz CT molecular complexity index is 695. The second-order valence-electron chi connectivity index (χ2n) is 3.73. The van der Waals surface area contributed by atoms with Gasteiger partial charge >= 0.3 is 0 Å². The lowest BCUT2D eigenvalue weighted by atomic mass is 10.1. The molecule has 2 aromatic rings. The smallest absolute Gasteiger partial charge is 0.264 e. The summed E-state index contributed by atoms with van der Waals surface area (Å²) in [5.41, 5.74) is 1.76. The quantitative estimate of drug-likeness (QED) is 0.762. The average Bonchev–Trinajstić information content (AvgIpc) is 2.68. The Balaban J connectivity index is 2.02. The number of rotatable bonds is 1. The first-order chi connectivity index (χ1) is 8.72. The number of aromatic nitrogens is 2. The molecule has 0 bridgehead atoms. The standard InChI is InChI=1S/C12H8N4OS/c13-12-16-11(17)10(18-12)4-7-1-2-9-8(3-7)5-14-6-15-9/h1-6H,(H2,13,16,17)/b10-4-. The monoisotopic (exact) mass is 256 g/mol. The Morgan fingerprint density at radius 2 is 2.28 bits per heavy atom. The second-order valence-corrected chi connectivity index (χ2v) is 4.79. The predicted octanol–water partition coefficient (Wildman–Crippen LogP) is 1.77. The maximum atomic E-state index is 11.5. The third-order valence-corrected chi connectivity index (χ3v) is 3.32. The van der Waals surface area contributed by atoms with Crippen molar-refractivity contribution in [2.45, 2.75) is 0 Å². The van der Waals surface area contributed by atoms with Crippen molar-refractivity contribution in [2.24, 2.45) is 0 Å². The second kappa shape index (κ2) is 4.23. The SMILES string of the molecule is N=C1NC(=O)/C(=C/c2ccc3ncncc3c2)S1. The highest BCUT2D eigenvalue weighted by molar-refractivity contribution is 8.18. The molecule has 1 aromatic carbocycles. The first kappa shape index (κ1) is 10.9. The molecule has 88 valence electrons. The molecule has 18 heavy (non-hydrogen) atoms. The van der Waals surface area contributed by atoms with Crippen LogP contribution in [0.3, 0.4) is 0 Å². The molecule has 0 atom stereocenters. The van der Waals surface area contributed by atoms with Crippen LogP contribution in [0.4, 0.5) is 0 Å². The van der Waals surface area contributed by atoms with E-state index in [1.807, 2.05) is 18.2 Å². The zero-order valence-electron chi connectivity index (χ0n) is 9.18. The van der Waals surface area contributed by atoms with E-state index >= 15 is 0 Å². The molecule has 0 unspecified atom stereocenters. The van der Waals surface area contributed by atoms with Crippen LogP contribution in [0, 0.1) is 5.41 Å². The van der Waals surface area contributed by atoms with Gasteiger partial charge < -0.3 is 5.32 Å². The van der Waals surface area contributed by atoms with Gasteiger partial charge in [0.15, 0.2) is 5.17 Å². The number of benzene rings is 1. The molecular weight excluding hydrogens is 248 g/mol. The van der Waals surface area contributed by atoms with Crippen LogP contribution in [0.1, 0.15) is 5.56 Å². The fourth-order valence-corrected chi connectivity index (χ4v) is 2.39.